The highest BCUT2D eigenvalue weighted by atomic mass is 79.9. The standard InChI is InChI=1S/C15H15Br3S/c1-15(2,3)13-7-6-12(19-13)14(18)10-8-9(16)4-5-11(10)17/h4-8,14H,1-3H3. The van der Waals surface area contributed by atoms with Crippen LogP contribution in [-0.2, 0) is 5.41 Å². The molecule has 0 N–H and O–H groups in total. The molecule has 1 aromatic heterocycles. The van der Waals surface area contributed by atoms with Gasteiger partial charge in [0.2, 0.25) is 0 Å². The van der Waals surface area contributed by atoms with E-state index in [0.717, 1.165) is 8.95 Å². The third-order valence-electron chi connectivity index (χ3n) is 2.85. The van der Waals surface area contributed by atoms with E-state index in [1.807, 2.05) is 17.4 Å². The van der Waals surface area contributed by atoms with Gasteiger partial charge in [0, 0.05) is 18.7 Å². The van der Waals surface area contributed by atoms with Gasteiger partial charge in [-0.2, -0.15) is 0 Å². The summed E-state index contributed by atoms with van der Waals surface area (Å²) in [5.74, 6) is 0. The average Bonchev–Trinajstić information content (AvgIpc) is 2.80. The molecule has 1 atom stereocenters. The van der Waals surface area contributed by atoms with Crippen molar-refractivity contribution in [2.45, 2.75) is 31.0 Å². The van der Waals surface area contributed by atoms with E-state index in [-0.39, 0.29) is 10.2 Å². The monoisotopic (exact) mass is 464 g/mol. The summed E-state index contributed by atoms with van der Waals surface area (Å²) in [6, 6.07) is 10.7. The van der Waals surface area contributed by atoms with Gasteiger partial charge in [-0.25, -0.2) is 0 Å². The number of thiophene rings is 1. The molecule has 0 aliphatic rings. The van der Waals surface area contributed by atoms with Crippen LogP contribution in [0.4, 0.5) is 0 Å². The second-order valence-electron chi connectivity index (χ2n) is 5.48. The Bertz CT molecular complexity index is 581. The largest absolute Gasteiger partial charge is 0.143 e. The molecule has 0 saturated carbocycles. The molecular formula is C15H15Br3S. The quantitative estimate of drug-likeness (QED) is 0.416. The van der Waals surface area contributed by atoms with Crippen molar-refractivity contribution in [3.8, 4) is 0 Å². The van der Waals surface area contributed by atoms with Crippen LogP contribution in [-0.4, -0.2) is 0 Å². The van der Waals surface area contributed by atoms with Crippen LogP contribution in [0.25, 0.3) is 0 Å². The smallest absolute Gasteiger partial charge is 0.0749 e. The van der Waals surface area contributed by atoms with E-state index >= 15 is 0 Å². The van der Waals surface area contributed by atoms with E-state index in [1.165, 1.54) is 15.3 Å². The van der Waals surface area contributed by atoms with Crippen LogP contribution in [0.15, 0.2) is 39.3 Å². The minimum absolute atomic E-state index is 0.212. The first kappa shape index (κ1) is 15.7. The lowest BCUT2D eigenvalue weighted by Crippen LogP contribution is -2.07. The number of rotatable bonds is 2. The molecule has 0 aliphatic carbocycles. The zero-order chi connectivity index (χ0) is 14.2. The molecule has 0 amide bonds. The van der Waals surface area contributed by atoms with Gasteiger partial charge in [-0.3, -0.25) is 0 Å². The van der Waals surface area contributed by atoms with Gasteiger partial charge in [-0.1, -0.05) is 68.6 Å². The summed E-state index contributed by atoms with van der Waals surface area (Å²) in [4.78, 5) is 2.97. The lowest BCUT2D eigenvalue weighted by molar-refractivity contribution is 0.604. The third kappa shape index (κ3) is 3.72. The van der Waals surface area contributed by atoms with Crippen molar-refractivity contribution in [2.75, 3.05) is 0 Å². The predicted octanol–water partition coefficient (Wildman–Crippen LogP) is 7.05. The molecule has 0 aliphatic heterocycles. The van der Waals surface area contributed by atoms with Gasteiger partial charge in [0.05, 0.1) is 4.83 Å². The zero-order valence-corrected chi connectivity index (χ0v) is 16.6. The number of halogens is 3. The van der Waals surface area contributed by atoms with Crippen molar-refractivity contribution in [3.05, 3.63) is 54.6 Å². The first-order valence-electron chi connectivity index (χ1n) is 5.98. The maximum Gasteiger partial charge on any atom is 0.0749 e. The Morgan fingerprint density at radius 1 is 1.05 bits per heavy atom. The SMILES string of the molecule is CC(C)(C)c1ccc(C(Br)c2cc(Br)ccc2Br)s1. The molecular weight excluding hydrogens is 452 g/mol. The molecule has 0 radical (unpaired) electrons. The molecule has 19 heavy (non-hydrogen) atoms. The summed E-state index contributed by atoms with van der Waals surface area (Å²) in [5.41, 5.74) is 1.46. The third-order valence-corrected chi connectivity index (χ3v) is 6.93. The van der Waals surface area contributed by atoms with Crippen molar-refractivity contribution in [1.29, 1.82) is 0 Å². The first-order chi connectivity index (χ1) is 8.79. The van der Waals surface area contributed by atoms with Gasteiger partial charge in [0.25, 0.3) is 0 Å². The Kier molecular flexibility index (Phi) is 4.97. The summed E-state index contributed by atoms with van der Waals surface area (Å²) < 4.78 is 2.23. The van der Waals surface area contributed by atoms with Crippen molar-refractivity contribution < 1.29 is 0 Å². The number of hydrogen-bond acceptors (Lipinski definition) is 1. The molecule has 1 heterocycles. The van der Waals surface area contributed by atoms with Crippen LogP contribution in [0.5, 0.6) is 0 Å². The molecule has 0 spiro atoms. The van der Waals surface area contributed by atoms with Crippen LogP contribution in [0.2, 0.25) is 0 Å². The highest BCUT2D eigenvalue weighted by molar-refractivity contribution is 9.11. The Morgan fingerprint density at radius 2 is 1.74 bits per heavy atom. The molecule has 0 nitrogen and oxygen atoms in total. The highest BCUT2D eigenvalue weighted by Crippen LogP contribution is 2.41. The van der Waals surface area contributed by atoms with Crippen LogP contribution in [0.1, 0.15) is 40.9 Å². The fourth-order valence-corrected chi connectivity index (χ4v) is 4.79. The normalized spacial score (nSPS) is 13.6. The van der Waals surface area contributed by atoms with Crippen LogP contribution in [0, 0.1) is 0 Å². The average molecular weight is 467 g/mol. The molecule has 4 heteroatoms. The van der Waals surface area contributed by atoms with Crippen molar-refractivity contribution in [2.24, 2.45) is 0 Å². The Hall–Kier alpha value is 0.360. The molecule has 102 valence electrons. The maximum atomic E-state index is 3.82. The first-order valence-corrected chi connectivity index (χ1v) is 9.30. The van der Waals surface area contributed by atoms with Gasteiger partial charge >= 0.3 is 0 Å². The predicted molar refractivity (Wildman–Crippen MR) is 95.6 cm³/mol. The Labute approximate surface area is 144 Å². The summed E-state index contributed by atoms with van der Waals surface area (Å²) in [5, 5.41) is 0. The Morgan fingerprint density at radius 3 is 2.32 bits per heavy atom. The fraction of sp³-hybridized carbons (Fsp3) is 0.333. The topological polar surface area (TPSA) is 0 Å². The molecule has 0 saturated heterocycles. The summed E-state index contributed by atoms with van der Waals surface area (Å²) in [6.45, 7) is 6.75. The molecule has 1 unspecified atom stereocenters. The lowest BCUT2D eigenvalue weighted by Gasteiger charge is -2.16. The summed E-state index contributed by atoms with van der Waals surface area (Å²) >= 11 is 12.9. The lowest BCUT2D eigenvalue weighted by atomic mass is 9.95. The van der Waals surface area contributed by atoms with Gasteiger partial charge in [0.15, 0.2) is 0 Å². The number of alkyl halides is 1. The molecule has 0 fully saturated rings. The molecule has 1 aromatic carbocycles. The molecule has 2 rings (SSSR count). The van der Waals surface area contributed by atoms with Crippen LogP contribution >= 0.6 is 59.1 Å². The van der Waals surface area contributed by atoms with E-state index in [1.54, 1.807) is 0 Å². The molecule has 2 aromatic rings. The summed E-state index contributed by atoms with van der Waals surface area (Å²) in [7, 11) is 0. The molecule has 0 bridgehead atoms. The minimum atomic E-state index is 0.212. The van der Waals surface area contributed by atoms with Gasteiger partial charge in [0.1, 0.15) is 0 Å². The number of hydrogen-bond donors (Lipinski definition) is 0. The van der Waals surface area contributed by atoms with E-state index in [0.29, 0.717) is 0 Å². The van der Waals surface area contributed by atoms with Gasteiger partial charge in [-0.15, -0.1) is 11.3 Å². The van der Waals surface area contributed by atoms with E-state index < -0.39 is 0 Å². The van der Waals surface area contributed by atoms with Crippen LogP contribution < -0.4 is 0 Å². The van der Waals surface area contributed by atoms with E-state index in [2.05, 4.69) is 92.8 Å². The Balaban J connectivity index is 2.36. The van der Waals surface area contributed by atoms with E-state index in [4.69, 9.17) is 0 Å². The van der Waals surface area contributed by atoms with Crippen molar-refractivity contribution in [1.82, 2.24) is 0 Å². The van der Waals surface area contributed by atoms with Gasteiger partial charge in [-0.05, 0) is 41.3 Å². The highest BCUT2D eigenvalue weighted by Gasteiger charge is 2.20. The second kappa shape index (κ2) is 6.00. The second-order valence-corrected chi connectivity index (χ2v) is 9.28. The number of benzene rings is 1. The van der Waals surface area contributed by atoms with Crippen LogP contribution in [0.3, 0.4) is 0 Å². The van der Waals surface area contributed by atoms with Crippen molar-refractivity contribution in [3.63, 3.8) is 0 Å². The van der Waals surface area contributed by atoms with Gasteiger partial charge < -0.3 is 0 Å². The van der Waals surface area contributed by atoms with E-state index in [9.17, 15) is 0 Å². The summed E-state index contributed by atoms with van der Waals surface area (Å²) in [6.07, 6.45) is 0. The minimum Gasteiger partial charge on any atom is -0.143 e. The maximum absolute atomic E-state index is 3.82. The fourth-order valence-electron chi connectivity index (χ4n) is 1.75. The zero-order valence-electron chi connectivity index (χ0n) is 11.0. The van der Waals surface area contributed by atoms with Crippen molar-refractivity contribution >= 4 is 59.1 Å².